The molecule has 1 atom stereocenters. The summed E-state index contributed by atoms with van der Waals surface area (Å²) in [6.45, 7) is 3.55. The zero-order valence-corrected chi connectivity index (χ0v) is 7.68. The van der Waals surface area contributed by atoms with Crippen molar-refractivity contribution in [1.29, 1.82) is 0 Å². The number of pyridine rings is 1. The highest BCUT2D eigenvalue weighted by atomic mass is 16.4. The van der Waals surface area contributed by atoms with Gasteiger partial charge in [0.15, 0.2) is 0 Å². The molecule has 0 amide bonds. The Bertz CT molecular complexity index is 350. The first kappa shape index (κ1) is 10.4. The fraction of sp³-hybridized carbons (Fsp3) is 0.200. The molecule has 1 aromatic rings. The van der Waals surface area contributed by atoms with E-state index in [-0.39, 0.29) is 5.56 Å². The van der Waals surface area contributed by atoms with Gasteiger partial charge < -0.3 is 10.8 Å². The van der Waals surface area contributed by atoms with Crippen molar-refractivity contribution in [3.8, 4) is 0 Å². The summed E-state index contributed by atoms with van der Waals surface area (Å²) < 4.78 is 0. The predicted octanol–water partition coefficient (Wildman–Crippen LogP) is 1.36. The normalized spacial score (nSPS) is 12.1. The lowest BCUT2D eigenvalue weighted by atomic mass is 10.1. The van der Waals surface area contributed by atoms with Gasteiger partial charge in [0.2, 0.25) is 0 Å². The highest BCUT2D eigenvalue weighted by Crippen LogP contribution is 2.16. The molecule has 3 N–H and O–H groups in total. The van der Waals surface area contributed by atoms with Gasteiger partial charge in [0.25, 0.3) is 0 Å². The van der Waals surface area contributed by atoms with Crippen LogP contribution in [-0.2, 0) is 0 Å². The second kappa shape index (κ2) is 4.53. The summed E-state index contributed by atoms with van der Waals surface area (Å²) in [5.74, 6) is -1.01. The third kappa shape index (κ3) is 2.17. The highest BCUT2D eigenvalue weighted by molar-refractivity contribution is 5.88. The molecule has 1 rings (SSSR count). The number of hydrogen-bond donors (Lipinski definition) is 2. The van der Waals surface area contributed by atoms with Crippen LogP contribution in [0.1, 0.15) is 28.5 Å². The van der Waals surface area contributed by atoms with Crippen molar-refractivity contribution in [1.82, 2.24) is 4.98 Å². The lowest BCUT2D eigenvalue weighted by Gasteiger charge is -2.10. The molecular formula is C10H12N2O2. The van der Waals surface area contributed by atoms with E-state index in [2.05, 4.69) is 11.6 Å². The maximum Gasteiger partial charge on any atom is 0.337 e. The minimum atomic E-state index is -1.01. The van der Waals surface area contributed by atoms with E-state index in [1.54, 1.807) is 12.1 Å². The van der Waals surface area contributed by atoms with Crippen molar-refractivity contribution in [2.24, 2.45) is 5.73 Å². The number of carboxylic acids is 1. The van der Waals surface area contributed by atoms with Gasteiger partial charge in [-0.05, 0) is 18.6 Å². The van der Waals surface area contributed by atoms with Gasteiger partial charge >= 0.3 is 5.97 Å². The fourth-order valence-corrected chi connectivity index (χ4v) is 1.19. The molecule has 1 aromatic heterocycles. The van der Waals surface area contributed by atoms with Crippen LogP contribution in [0.4, 0.5) is 0 Å². The predicted molar refractivity (Wildman–Crippen MR) is 52.9 cm³/mol. The van der Waals surface area contributed by atoms with E-state index in [4.69, 9.17) is 10.8 Å². The molecule has 1 heterocycles. The highest BCUT2D eigenvalue weighted by Gasteiger charge is 2.15. The van der Waals surface area contributed by atoms with Crippen LogP contribution in [0.3, 0.4) is 0 Å². The van der Waals surface area contributed by atoms with Gasteiger partial charge in [-0.25, -0.2) is 4.79 Å². The van der Waals surface area contributed by atoms with Crippen molar-refractivity contribution < 1.29 is 9.90 Å². The van der Waals surface area contributed by atoms with E-state index in [1.807, 2.05) is 0 Å². The van der Waals surface area contributed by atoms with Crippen molar-refractivity contribution in [3.05, 3.63) is 42.2 Å². The summed E-state index contributed by atoms with van der Waals surface area (Å²) in [5.41, 5.74) is 6.30. The standard InChI is InChI=1S/C10H12N2O2/c1-2-4-8(11)9-7(10(13)14)5-3-6-12-9/h2-3,5-6,8H,1,4,11H2,(H,13,14). The first-order chi connectivity index (χ1) is 6.66. The van der Waals surface area contributed by atoms with Crippen LogP contribution in [0.5, 0.6) is 0 Å². The Morgan fingerprint density at radius 2 is 2.50 bits per heavy atom. The third-order valence-electron chi connectivity index (χ3n) is 1.84. The Balaban J connectivity index is 3.06. The van der Waals surface area contributed by atoms with E-state index in [9.17, 15) is 4.79 Å². The lowest BCUT2D eigenvalue weighted by molar-refractivity contribution is 0.0694. The Hall–Kier alpha value is -1.68. The molecule has 0 fully saturated rings. The second-order valence-electron chi connectivity index (χ2n) is 2.87. The summed E-state index contributed by atoms with van der Waals surface area (Å²) in [6.07, 6.45) is 3.69. The van der Waals surface area contributed by atoms with Gasteiger partial charge in [-0.2, -0.15) is 0 Å². The Kier molecular flexibility index (Phi) is 3.36. The Morgan fingerprint density at radius 1 is 1.79 bits per heavy atom. The van der Waals surface area contributed by atoms with Crippen molar-refractivity contribution in [3.63, 3.8) is 0 Å². The van der Waals surface area contributed by atoms with E-state index in [0.29, 0.717) is 12.1 Å². The number of aromatic nitrogens is 1. The fourth-order valence-electron chi connectivity index (χ4n) is 1.19. The van der Waals surface area contributed by atoms with Crippen LogP contribution in [0.2, 0.25) is 0 Å². The van der Waals surface area contributed by atoms with Gasteiger partial charge in [-0.1, -0.05) is 6.08 Å². The molecule has 0 bridgehead atoms. The average Bonchev–Trinajstić information content (AvgIpc) is 2.18. The van der Waals surface area contributed by atoms with Gasteiger partial charge in [0.1, 0.15) is 0 Å². The number of carboxylic acid groups (broad SMARTS) is 1. The molecule has 0 aliphatic rings. The maximum absolute atomic E-state index is 10.8. The number of aromatic carboxylic acids is 1. The van der Waals surface area contributed by atoms with Crippen LogP contribution in [-0.4, -0.2) is 16.1 Å². The van der Waals surface area contributed by atoms with E-state index < -0.39 is 12.0 Å². The molecular weight excluding hydrogens is 180 g/mol. The van der Waals surface area contributed by atoms with Crippen LogP contribution in [0, 0.1) is 0 Å². The van der Waals surface area contributed by atoms with Crippen molar-refractivity contribution >= 4 is 5.97 Å². The molecule has 74 valence electrons. The number of hydrogen-bond acceptors (Lipinski definition) is 3. The summed E-state index contributed by atoms with van der Waals surface area (Å²) in [6, 6.07) is 2.67. The third-order valence-corrected chi connectivity index (χ3v) is 1.84. The SMILES string of the molecule is C=CCC(N)c1ncccc1C(=O)O. The van der Waals surface area contributed by atoms with E-state index in [1.165, 1.54) is 12.3 Å². The molecule has 4 heteroatoms. The van der Waals surface area contributed by atoms with Gasteiger partial charge in [-0.3, -0.25) is 4.98 Å². The zero-order chi connectivity index (χ0) is 10.6. The minimum absolute atomic E-state index is 0.154. The van der Waals surface area contributed by atoms with E-state index >= 15 is 0 Å². The second-order valence-corrected chi connectivity index (χ2v) is 2.87. The zero-order valence-electron chi connectivity index (χ0n) is 7.68. The van der Waals surface area contributed by atoms with Crippen molar-refractivity contribution in [2.45, 2.75) is 12.5 Å². The molecule has 0 aromatic carbocycles. The average molecular weight is 192 g/mol. The molecule has 0 saturated heterocycles. The number of carbonyl (C=O) groups is 1. The largest absolute Gasteiger partial charge is 0.478 e. The molecule has 0 aliphatic carbocycles. The first-order valence-corrected chi connectivity index (χ1v) is 4.21. The van der Waals surface area contributed by atoms with Gasteiger partial charge in [0, 0.05) is 6.20 Å². The molecule has 1 unspecified atom stereocenters. The Labute approximate surface area is 82.1 Å². The first-order valence-electron chi connectivity index (χ1n) is 4.21. The summed E-state index contributed by atoms with van der Waals surface area (Å²) >= 11 is 0. The maximum atomic E-state index is 10.8. The quantitative estimate of drug-likeness (QED) is 0.706. The van der Waals surface area contributed by atoms with Crippen LogP contribution in [0.25, 0.3) is 0 Å². The topological polar surface area (TPSA) is 76.2 Å². The van der Waals surface area contributed by atoms with Crippen LogP contribution < -0.4 is 5.73 Å². The van der Waals surface area contributed by atoms with Gasteiger partial charge in [-0.15, -0.1) is 6.58 Å². The summed E-state index contributed by atoms with van der Waals surface area (Å²) in [7, 11) is 0. The monoisotopic (exact) mass is 192 g/mol. The van der Waals surface area contributed by atoms with E-state index in [0.717, 1.165) is 0 Å². The molecule has 14 heavy (non-hydrogen) atoms. The summed E-state index contributed by atoms with van der Waals surface area (Å²) in [5, 5.41) is 8.86. The molecule has 4 nitrogen and oxygen atoms in total. The number of rotatable bonds is 4. The molecule has 0 saturated carbocycles. The molecule has 0 radical (unpaired) electrons. The van der Waals surface area contributed by atoms with Crippen molar-refractivity contribution in [2.75, 3.05) is 0 Å². The van der Waals surface area contributed by atoms with Gasteiger partial charge in [0.05, 0.1) is 17.3 Å². The number of nitrogens with zero attached hydrogens (tertiary/aromatic N) is 1. The number of nitrogens with two attached hydrogens (primary N) is 1. The molecule has 0 spiro atoms. The summed E-state index contributed by atoms with van der Waals surface area (Å²) in [4.78, 5) is 14.8. The van der Waals surface area contributed by atoms with Crippen LogP contribution >= 0.6 is 0 Å². The molecule has 0 aliphatic heterocycles. The lowest BCUT2D eigenvalue weighted by Crippen LogP contribution is -2.16. The minimum Gasteiger partial charge on any atom is -0.478 e. The smallest absolute Gasteiger partial charge is 0.337 e. The Morgan fingerprint density at radius 3 is 3.07 bits per heavy atom. The van der Waals surface area contributed by atoms with Crippen LogP contribution in [0.15, 0.2) is 31.0 Å².